The number of rotatable bonds is 7. The Kier molecular flexibility index (Phi) is 6.50. The molecule has 1 heterocycles. The zero-order valence-corrected chi connectivity index (χ0v) is 13.7. The molecule has 0 spiro atoms. The number of hydrogen-bond acceptors (Lipinski definition) is 4. The second-order valence-electron chi connectivity index (χ2n) is 4.88. The van der Waals surface area contributed by atoms with Crippen LogP contribution in [-0.2, 0) is 4.79 Å². The highest BCUT2D eigenvalue weighted by molar-refractivity contribution is 7.12. The number of nitrogens with one attached hydrogen (secondary N) is 2. The summed E-state index contributed by atoms with van der Waals surface area (Å²) in [6.45, 7) is 2.96. The molecular weight excluding hydrogens is 310 g/mol. The number of aromatic nitrogens is 1. The number of aryl methyl sites for hydroxylation is 1. The third kappa shape index (κ3) is 6.04. The van der Waals surface area contributed by atoms with Crippen LogP contribution in [0.4, 0.5) is 0 Å². The molecule has 120 valence electrons. The van der Waals surface area contributed by atoms with Gasteiger partial charge in [-0.2, -0.15) is 0 Å². The fourth-order valence-corrected chi connectivity index (χ4v) is 2.55. The fourth-order valence-electron chi connectivity index (χ4n) is 1.87. The predicted octanol–water partition coefficient (Wildman–Crippen LogP) is 2.40. The number of carbonyl (C=O) groups excluding carboxylic acids is 2. The highest BCUT2D eigenvalue weighted by atomic mass is 32.1. The lowest BCUT2D eigenvalue weighted by molar-refractivity contribution is -0.116. The Labute approximate surface area is 139 Å². The molecule has 1 aromatic heterocycles. The number of hydrogen-bond donors (Lipinski definition) is 2. The Hall–Kier alpha value is -2.47. The summed E-state index contributed by atoms with van der Waals surface area (Å²) >= 11 is 1.54. The summed E-state index contributed by atoms with van der Waals surface area (Å²) in [5.74, 6) is -0.247. The summed E-state index contributed by atoms with van der Waals surface area (Å²) in [7, 11) is 0. The maximum atomic E-state index is 11.8. The Morgan fingerprint density at radius 1 is 1.17 bits per heavy atom. The summed E-state index contributed by atoms with van der Waals surface area (Å²) in [4.78, 5) is 28.5. The van der Waals surface area contributed by atoms with Gasteiger partial charge in [-0.05, 0) is 31.6 Å². The first-order valence-corrected chi connectivity index (χ1v) is 8.18. The summed E-state index contributed by atoms with van der Waals surface area (Å²) < 4.78 is 0. The number of carbonyl (C=O) groups is 2. The largest absolute Gasteiger partial charge is 0.352 e. The van der Waals surface area contributed by atoms with Gasteiger partial charge in [0.2, 0.25) is 5.91 Å². The van der Waals surface area contributed by atoms with Gasteiger partial charge in [0, 0.05) is 35.8 Å². The highest BCUT2D eigenvalue weighted by Crippen LogP contribution is 2.12. The predicted molar refractivity (Wildman–Crippen MR) is 92.3 cm³/mol. The molecule has 0 aliphatic carbocycles. The van der Waals surface area contributed by atoms with Crippen LogP contribution in [-0.4, -0.2) is 29.9 Å². The second-order valence-corrected chi connectivity index (χ2v) is 6.15. The Morgan fingerprint density at radius 2 is 1.91 bits per heavy atom. The highest BCUT2D eigenvalue weighted by Gasteiger charge is 2.03. The average Bonchev–Trinajstić information content (AvgIpc) is 2.98. The Balaban J connectivity index is 1.61. The van der Waals surface area contributed by atoms with E-state index in [0.717, 1.165) is 9.88 Å². The van der Waals surface area contributed by atoms with Gasteiger partial charge >= 0.3 is 0 Å². The topological polar surface area (TPSA) is 71.1 Å². The van der Waals surface area contributed by atoms with Gasteiger partial charge in [0.05, 0.1) is 5.01 Å². The summed E-state index contributed by atoms with van der Waals surface area (Å²) in [5, 5.41) is 6.57. The molecule has 6 heteroatoms. The smallest absolute Gasteiger partial charge is 0.251 e. The van der Waals surface area contributed by atoms with Gasteiger partial charge in [0.15, 0.2) is 0 Å². The number of amides is 2. The van der Waals surface area contributed by atoms with Crippen LogP contribution < -0.4 is 10.6 Å². The van der Waals surface area contributed by atoms with E-state index >= 15 is 0 Å². The van der Waals surface area contributed by atoms with Crippen LogP contribution in [0, 0.1) is 6.92 Å². The first-order valence-electron chi connectivity index (χ1n) is 7.37. The molecule has 2 rings (SSSR count). The van der Waals surface area contributed by atoms with Crippen molar-refractivity contribution < 1.29 is 9.59 Å². The lowest BCUT2D eigenvalue weighted by atomic mass is 10.2. The maximum absolute atomic E-state index is 11.8. The van der Waals surface area contributed by atoms with Gasteiger partial charge in [-0.3, -0.25) is 9.59 Å². The van der Waals surface area contributed by atoms with Crippen LogP contribution in [0.3, 0.4) is 0 Å². The SMILES string of the molecule is Cc1ncc(/C=C/C(=O)NCCCNC(=O)c2ccccc2)s1. The Morgan fingerprint density at radius 3 is 2.61 bits per heavy atom. The molecule has 1 aromatic carbocycles. The van der Waals surface area contributed by atoms with Crippen molar-refractivity contribution in [3.8, 4) is 0 Å². The lowest BCUT2D eigenvalue weighted by Crippen LogP contribution is -2.29. The minimum absolute atomic E-state index is 0.0996. The molecule has 0 unspecified atom stereocenters. The Bertz CT molecular complexity index is 680. The molecular formula is C17H19N3O2S. The van der Waals surface area contributed by atoms with E-state index < -0.39 is 0 Å². The van der Waals surface area contributed by atoms with E-state index in [4.69, 9.17) is 0 Å². The van der Waals surface area contributed by atoms with Crippen LogP contribution in [0.15, 0.2) is 42.6 Å². The molecule has 2 aromatic rings. The maximum Gasteiger partial charge on any atom is 0.251 e. The summed E-state index contributed by atoms with van der Waals surface area (Å²) in [6, 6.07) is 9.05. The number of benzene rings is 1. The fraction of sp³-hybridized carbons (Fsp3) is 0.235. The molecule has 0 fully saturated rings. The molecule has 0 bridgehead atoms. The van der Waals surface area contributed by atoms with Crippen LogP contribution in [0.25, 0.3) is 6.08 Å². The zero-order chi connectivity index (χ0) is 16.5. The zero-order valence-electron chi connectivity index (χ0n) is 12.9. The van der Waals surface area contributed by atoms with Crippen molar-refractivity contribution in [2.45, 2.75) is 13.3 Å². The van der Waals surface area contributed by atoms with Crippen molar-refractivity contribution in [2.24, 2.45) is 0 Å². The van der Waals surface area contributed by atoms with E-state index in [2.05, 4.69) is 15.6 Å². The summed E-state index contributed by atoms with van der Waals surface area (Å²) in [5.41, 5.74) is 0.638. The van der Waals surface area contributed by atoms with E-state index in [1.54, 1.807) is 24.4 Å². The van der Waals surface area contributed by atoms with Gasteiger partial charge in [-0.1, -0.05) is 18.2 Å². The molecule has 23 heavy (non-hydrogen) atoms. The van der Waals surface area contributed by atoms with Gasteiger partial charge < -0.3 is 10.6 Å². The molecule has 0 atom stereocenters. The van der Waals surface area contributed by atoms with E-state index in [9.17, 15) is 9.59 Å². The molecule has 0 aliphatic heterocycles. The molecule has 0 saturated carbocycles. The number of nitrogens with zero attached hydrogens (tertiary/aromatic N) is 1. The van der Waals surface area contributed by atoms with Gasteiger partial charge in [-0.25, -0.2) is 4.98 Å². The van der Waals surface area contributed by atoms with Crippen LogP contribution >= 0.6 is 11.3 Å². The van der Waals surface area contributed by atoms with E-state index in [1.807, 2.05) is 25.1 Å². The van der Waals surface area contributed by atoms with Crippen LogP contribution in [0.1, 0.15) is 26.7 Å². The van der Waals surface area contributed by atoms with Gasteiger partial charge in [0.25, 0.3) is 5.91 Å². The van der Waals surface area contributed by atoms with Gasteiger partial charge in [-0.15, -0.1) is 11.3 Å². The summed E-state index contributed by atoms with van der Waals surface area (Å²) in [6.07, 6.45) is 5.66. The van der Waals surface area contributed by atoms with E-state index in [0.29, 0.717) is 25.1 Å². The molecule has 2 amide bonds. The molecule has 0 saturated heterocycles. The van der Waals surface area contributed by atoms with Crippen LogP contribution in [0.5, 0.6) is 0 Å². The number of thiazole rings is 1. The third-order valence-corrected chi connectivity index (χ3v) is 3.89. The minimum Gasteiger partial charge on any atom is -0.352 e. The van der Waals surface area contributed by atoms with E-state index in [-0.39, 0.29) is 11.8 Å². The van der Waals surface area contributed by atoms with Crippen molar-refractivity contribution in [1.29, 1.82) is 0 Å². The molecule has 0 aliphatic rings. The average molecular weight is 329 g/mol. The van der Waals surface area contributed by atoms with Crippen molar-refractivity contribution in [3.63, 3.8) is 0 Å². The first-order chi connectivity index (χ1) is 11.1. The van der Waals surface area contributed by atoms with Crippen molar-refractivity contribution in [3.05, 3.63) is 58.1 Å². The monoisotopic (exact) mass is 329 g/mol. The first kappa shape index (κ1) is 16.9. The quantitative estimate of drug-likeness (QED) is 0.605. The molecule has 2 N–H and O–H groups in total. The normalized spacial score (nSPS) is 10.7. The molecule has 0 radical (unpaired) electrons. The minimum atomic E-state index is -0.148. The van der Waals surface area contributed by atoms with E-state index in [1.165, 1.54) is 17.4 Å². The third-order valence-electron chi connectivity index (χ3n) is 3.01. The standard InChI is InChI=1S/C17H19N3O2S/c1-13-20-12-15(23-13)8-9-16(21)18-10-5-11-19-17(22)14-6-3-2-4-7-14/h2-4,6-9,12H,5,10-11H2,1H3,(H,18,21)(H,19,22)/b9-8+. The second kappa shape index (κ2) is 8.85. The van der Waals surface area contributed by atoms with Gasteiger partial charge in [0.1, 0.15) is 0 Å². The van der Waals surface area contributed by atoms with Crippen molar-refractivity contribution in [1.82, 2.24) is 15.6 Å². The van der Waals surface area contributed by atoms with Crippen LogP contribution in [0.2, 0.25) is 0 Å². The lowest BCUT2D eigenvalue weighted by Gasteiger charge is -2.05. The van der Waals surface area contributed by atoms with Crippen molar-refractivity contribution in [2.75, 3.05) is 13.1 Å². The molecule has 5 nitrogen and oxygen atoms in total. The van der Waals surface area contributed by atoms with Crippen molar-refractivity contribution >= 4 is 29.2 Å².